The van der Waals surface area contributed by atoms with Crippen LogP contribution < -0.4 is 15.5 Å². The molecule has 120 valence electrons. The van der Waals surface area contributed by atoms with Crippen LogP contribution in [0.2, 0.25) is 0 Å². The van der Waals surface area contributed by atoms with Gasteiger partial charge in [0.05, 0.1) is 43.3 Å². The summed E-state index contributed by atoms with van der Waals surface area (Å²) in [4.78, 5) is 17.4. The van der Waals surface area contributed by atoms with Gasteiger partial charge in [-0.1, -0.05) is 6.07 Å². The molecule has 1 fully saturated rings. The third-order valence-corrected chi connectivity index (χ3v) is 3.93. The van der Waals surface area contributed by atoms with Crippen molar-refractivity contribution in [2.24, 2.45) is 0 Å². The predicted octanol–water partition coefficient (Wildman–Crippen LogP) is 0.985. The molecule has 0 radical (unpaired) electrons. The van der Waals surface area contributed by atoms with E-state index in [1.54, 1.807) is 12.3 Å². The van der Waals surface area contributed by atoms with Crippen molar-refractivity contribution >= 4 is 17.1 Å². The highest BCUT2D eigenvalue weighted by molar-refractivity contribution is 5.69. The van der Waals surface area contributed by atoms with Crippen molar-refractivity contribution in [1.82, 2.24) is 4.98 Å². The monoisotopic (exact) mass is 314 g/mol. The van der Waals surface area contributed by atoms with Crippen LogP contribution in [0.5, 0.6) is 0 Å². The van der Waals surface area contributed by atoms with Gasteiger partial charge in [-0.05, 0) is 24.3 Å². The van der Waals surface area contributed by atoms with Gasteiger partial charge < -0.3 is 15.5 Å². The Labute approximate surface area is 134 Å². The van der Waals surface area contributed by atoms with E-state index in [4.69, 9.17) is 0 Å². The maximum Gasteiger partial charge on any atom is 0.292 e. The Kier molecular flexibility index (Phi) is 4.68. The smallest absolute Gasteiger partial charge is 0.292 e. The Morgan fingerprint density at radius 3 is 2.78 bits per heavy atom. The van der Waals surface area contributed by atoms with Crippen LogP contribution in [0.3, 0.4) is 0 Å². The molecular formula is C16H20N5O2+. The molecule has 2 heterocycles. The van der Waals surface area contributed by atoms with Gasteiger partial charge in [-0.25, -0.2) is 0 Å². The first-order valence-electron chi connectivity index (χ1n) is 7.73. The number of nitrogens with zero attached hydrogens (tertiary/aromatic N) is 3. The van der Waals surface area contributed by atoms with Crippen LogP contribution in [-0.4, -0.2) is 36.1 Å². The maximum absolute atomic E-state index is 11.3. The first-order valence-corrected chi connectivity index (χ1v) is 7.73. The van der Waals surface area contributed by atoms with E-state index >= 15 is 0 Å². The lowest BCUT2D eigenvalue weighted by molar-refractivity contribution is -0.655. The van der Waals surface area contributed by atoms with E-state index in [-0.39, 0.29) is 10.6 Å². The topological polar surface area (TPSA) is 87.9 Å². The van der Waals surface area contributed by atoms with E-state index in [2.05, 4.69) is 20.5 Å². The van der Waals surface area contributed by atoms with Crippen LogP contribution >= 0.6 is 0 Å². The molecular weight excluding hydrogens is 294 g/mol. The number of rotatable bonds is 5. The van der Waals surface area contributed by atoms with Crippen molar-refractivity contribution in [1.29, 1.82) is 0 Å². The summed E-state index contributed by atoms with van der Waals surface area (Å²) in [5.41, 5.74) is 2.49. The fourth-order valence-corrected chi connectivity index (χ4v) is 2.72. The Morgan fingerprint density at radius 1 is 1.26 bits per heavy atom. The molecule has 7 heteroatoms. The standard InChI is InChI=1S/C16H19N5O2/c22-21(23)16-5-4-14(20-9-7-17-8-10-20)11-15(16)19-12-13-3-1-2-6-18-13/h1-6,11,17,19H,7-10,12H2/p+1. The molecule has 2 aromatic rings. The summed E-state index contributed by atoms with van der Waals surface area (Å²) in [7, 11) is 0. The molecule has 23 heavy (non-hydrogen) atoms. The van der Waals surface area contributed by atoms with E-state index in [1.165, 1.54) is 0 Å². The normalized spacial score (nSPS) is 14.5. The van der Waals surface area contributed by atoms with E-state index in [0.29, 0.717) is 12.2 Å². The molecule has 1 aromatic heterocycles. The number of hydrogen-bond donors (Lipinski definition) is 2. The van der Waals surface area contributed by atoms with Crippen molar-refractivity contribution in [3.05, 3.63) is 58.4 Å². The SMILES string of the molecule is O=[N+]([O-])c1ccc(N2CC[NH2+]CC2)cc1NCc1ccccn1. The molecule has 0 saturated carbocycles. The van der Waals surface area contributed by atoms with Crippen LogP contribution in [0.4, 0.5) is 17.1 Å². The number of nitro groups is 1. The number of anilines is 2. The minimum atomic E-state index is -0.353. The summed E-state index contributed by atoms with van der Waals surface area (Å²) in [6.45, 7) is 4.47. The number of pyridine rings is 1. The molecule has 0 bridgehead atoms. The van der Waals surface area contributed by atoms with Crippen molar-refractivity contribution in [2.45, 2.75) is 6.54 Å². The second-order valence-electron chi connectivity index (χ2n) is 5.49. The van der Waals surface area contributed by atoms with Crippen molar-refractivity contribution in [3.63, 3.8) is 0 Å². The van der Waals surface area contributed by atoms with Gasteiger partial charge in [0.1, 0.15) is 5.69 Å². The highest BCUT2D eigenvalue weighted by Crippen LogP contribution is 2.30. The minimum Gasteiger partial charge on any atom is -0.374 e. The summed E-state index contributed by atoms with van der Waals surface area (Å²) in [5.74, 6) is 0. The largest absolute Gasteiger partial charge is 0.374 e. The molecule has 1 aliphatic rings. The summed E-state index contributed by atoms with van der Waals surface area (Å²) in [6.07, 6.45) is 1.71. The zero-order valence-corrected chi connectivity index (χ0v) is 12.8. The average Bonchev–Trinajstić information content (AvgIpc) is 2.61. The van der Waals surface area contributed by atoms with Gasteiger partial charge in [0.15, 0.2) is 0 Å². The Hall–Kier alpha value is -2.67. The van der Waals surface area contributed by atoms with Crippen LogP contribution in [0.1, 0.15) is 5.69 Å². The van der Waals surface area contributed by atoms with E-state index in [9.17, 15) is 10.1 Å². The van der Waals surface area contributed by atoms with Crippen molar-refractivity contribution < 1.29 is 10.2 Å². The van der Waals surface area contributed by atoms with Crippen LogP contribution in [-0.2, 0) is 6.54 Å². The highest BCUT2D eigenvalue weighted by atomic mass is 16.6. The summed E-state index contributed by atoms with van der Waals surface area (Å²) >= 11 is 0. The maximum atomic E-state index is 11.3. The zero-order valence-electron chi connectivity index (χ0n) is 12.8. The summed E-state index contributed by atoms with van der Waals surface area (Å²) in [6, 6.07) is 10.9. The molecule has 1 aliphatic heterocycles. The zero-order chi connectivity index (χ0) is 16.1. The number of piperazine rings is 1. The second kappa shape index (κ2) is 7.06. The quantitative estimate of drug-likeness (QED) is 0.634. The summed E-state index contributed by atoms with van der Waals surface area (Å²) < 4.78 is 0. The van der Waals surface area contributed by atoms with Crippen LogP contribution in [0.15, 0.2) is 42.6 Å². The molecule has 0 unspecified atom stereocenters. The summed E-state index contributed by atoms with van der Waals surface area (Å²) in [5, 5.41) is 16.7. The van der Waals surface area contributed by atoms with Gasteiger partial charge in [-0.3, -0.25) is 15.1 Å². The molecule has 0 aliphatic carbocycles. The lowest BCUT2D eigenvalue weighted by atomic mass is 10.2. The third kappa shape index (κ3) is 3.75. The van der Waals surface area contributed by atoms with Gasteiger partial charge >= 0.3 is 0 Å². The number of quaternary nitrogens is 1. The fraction of sp³-hybridized carbons (Fsp3) is 0.312. The first kappa shape index (κ1) is 15.2. The molecule has 3 rings (SSSR count). The second-order valence-corrected chi connectivity index (χ2v) is 5.49. The number of aromatic nitrogens is 1. The predicted molar refractivity (Wildman–Crippen MR) is 88.5 cm³/mol. The fourth-order valence-electron chi connectivity index (χ4n) is 2.72. The molecule has 0 spiro atoms. The number of nitrogens with two attached hydrogens (primary N) is 1. The average molecular weight is 314 g/mol. The molecule has 1 aromatic carbocycles. The van der Waals surface area contributed by atoms with Crippen LogP contribution in [0, 0.1) is 10.1 Å². The highest BCUT2D eigenvalue weighted by Gasteiger charge is 2.18. The van der Waals surface area contributed by atoms with E-state index < -0.39 is 0 Å². The number of nitro benzene ring substituents is 1. The number of hydrogen-bond acceptors (Lipinski definition) is 5. The molecule has 7 nitrogen and oxygen atoms in total. The Morgan fingerprint density at radius 2 is 2.09 bits per heavy atom. The van der Waals surface area contributed by atoms with Gasteiger partial charge in [0.25, 0.3) is 5.69 Å². The first-order chi connectivity index (χ1) is 11.2. The third-order valence-electron chi connectivity index (χ3n) is 3.93. The molecule has 0 amide bonds. The minimum absolute atomic E-state index is 0.0910. The van der Waals surface area contributed by atoms with Crippen LogP contribution in [0.25, 0.3) is 0 Å². The Balaban J connectivity index is 1.81. The molecule has 0 atom stereocenters. The van der Waals surface area contributed by atoms with Crippen molar-refractivity contribution in [2.75, 3.05) is 36.4 Å². The van der Waals surface area contributed by atoms with E-state index in [0.717, 1.165) is 37.6 Å². The lowest BCUT2D eigenvalue weighted by Gasteiger charge is -2.27. The van der Waals surface area contributed by atoms with Gasteiger partial charge in [-0.2, -0.15) is 0 Å². The Bertz CT molecular complexity index is 671. The van der Waals surface area contributed by atoms with Gasteiger partial charge in [0.2, 0.25) is 0 Å². The van der Waals surface area contributed by atoms with Gasteiger partial charge in [0, 0.05) is 18.0 Å². The van der Waals surface area contributed by atoms with Crippen molar-refractivity contribution in [3.8, 4) is 0 Å². The molecule has 3 N–H and O–H groups in total. The van der Waals surface area contributed by atoms with Gasteiger partial charge in [-0.15, -0.1) is 0 Å². The number of nitrogens with one attached hydrogen (secondary N) is 1. The lowest BCUT2D eigenvalue weighted by Crippen LogP contribution is -2.89. The number of benzene rings is 1. The van der Waals surface area contributed by atoms with E-state index in [1.807, 2.05) is 30.3 Å². The molecule has 1 saturated heterocycles.